The first-order valence-electron chi connectivity index (χ1n) is 7.03. The quantitative estimate of drug-likeness (QED) is 0.901. The van der Waals surface area contributed by atoms with Gasteiger partial charge < -0.3 is 10.2 Å². The molecule has 2 unspecified atom stereocenters. The van der Waals surface area contributed by atoms with Crippen LogP contribution < -0.4 is 5.32 Å². The zero-order valence-corrected chi connectivity index (χ0v) is 11.8. The molecule has 1 aliphatic rings. The normalized spacial score (nSPS) is 23.3. The van der Waals surface area contributed by atoms with Gasteiger partial charge in [-0.05, 0) is 45.0 Å². The lowest BCUT2D eigenvalue weighted by atomic mass is 9.84. The van der Waals surface area contributed by atoms with Crippen LogP contribution in [0.25, 0.3) is 0 Å². The fourth-order valence-corrected chi connectivity index (χ4v) is 2.82. The van der Waals surface area contributed by atoms with Gasteiger partial charge in [-0.25, -0.2) is 0 Å². The van der Waals surface area contributed by atoms with Crippen LogP contribution in [-0.2, 0) is 0 Å². The average Bonchev–Trinajstić information content (AvgIpc) is 2.41. The van der Waals surface area contributed by atoms with Crippen LogP contribution in [0.1, 0.15) is 36.2 Å². The van der Waals surface area contributed by atoms with Crippen LogP contribution in [0.4, 0.5) is 0 Å². The maximum absolute atomic E-state index is 12.2. The van der Waals surface area contributed by atoms with Crippen LogP contribution in [0.3, 0.4) is 0 Å². The van der Waals surface area contributed by atoms with Gasteiger partial charge in [-0.1, -0.05) is 18.9 Å². The summed E-state index contributed by atoms with van der Waals surface area (Å²) in [6.07, 6.45) is 6.42. The molecule has 4 nitrogen and oxygen atoms in total. The van der Waals surface area contributed by atoms with E-state index in [2.05, 4.69) is 29.3 Å². The van der Waals surface area contributed by atoms with Crippen LogP contribution >= 0.6 is 0 Å². The molecule has 19 heavy (non-hydrogen) atoms. The summed E-state index contributed by atoms with van der Waals surface area (Å²) in [7, 11) is 4.18. The van der Waals surface area contributed by atoms with Crippen molar-refractivity contribution in [2.75, 3.05) is 20.6 Å². The minimum Gasteiger partial charge on any atom is -0.348 e. The molecular weight excluding hydrogens is 238 g/mol. The molecule has 1 fully saturated rings. The highest BCUT2D eigenvalue weighted by Crippen LogP contribution is 2.25. The van der Waals surface area contributed by atoms with E-state index >= 15 is 0 Å². The summed E-state index contributed by atoms with van der Waals surface area (Å²) in [4.78, 5) is 18.5. The Hall–Kier alpha value is -1.42. The van der Waals surface area contributed by atoms with Gasteiger partial charge in [0.25, 0.3) is 5.91 Å². The molecule has 1 amide bonds. The Morgan fingerprint density at radius 3 is 2.84 bits per heavy atom. The van der Waals surface area contributed by atoms with Crippen molar-refractivity contribution in [1.29, 1.82) is 0 Å². The molecule has 0 spiro atoms. The number of nitrogens with one attached hydrogen (secondary N) is 1. The molecule has 1 N–H and O–H groups in total. The predicted molar refractivity (Wildman–Crippen MR) is 76.0 cm³/mol. The number of hydrogen-bond donors (Lipinski definition) is 1. The Labute approximate surface area is 115 Å². The van der Waals surface area contributed by atoms with Crippen molar-refractivity contribution in [3.8, 4) is 0 Å². The number of rotatable bonds is 4. The zero-order chi connectivity index (χ0) is 13.7. The van der Waals surface area contributed by atoms with E-state index in [1.807, 2.05) is 12.1 Å². The van der Waals surface area contributed by atoms with Gasteiger partial charge in [-0.15, -0.1) is 0 Å². The maximum Gasteiger partial charge on any atom is 0.270 e. The van der Waals surface area contributed by atoms with Crippen LogP contribution in [-0.4, -0.2) is 42.5 Å². The lowest BCUT2D eigenvalue weighted by Crippen LogP contribution is -2.45. The largest absolute Gasteiger partial charge is 0.348 e. The van der Waals surface area contributed by atoms with Crippen molar-refractivity contribution >= 4 is 5.91 Å². The Bertz CT molecular complexity index is 405. The Balaban J connectivity index is 1.97. The summed E-state index contributed by atoms with van der Waals surface area (Å²) in [6, 6.07) is 5.72. The summed E-state index contributed by atoms with van der Waals surface area (Å²) < 4.78 is 0. The Morgan fingerprint density at radius 2 is 2.16 bits per heavy atom. The molecule has 0 saturated heterocycles. The molecule has 0 bridgehead atoms. The molecule has 1 aromatic rings. The summed E-state index contributed by atoms with van der Waals surface area (Å²) in [5, 5.41) is 3.16. The van der Waals surface area contributed by atoms with Gasteiger partial charge in [0.1, 0.15) is 5.69 Å². The topological polar surface area (TPSA) is 45.2 Å². The van der Waals surface area contributed by atoms with Crippen molar-refractivity contribution in [2.45, 2.75) is 31.7 Å². The lowest BCUT2D eigenvalue weighted by molar-refractivity contribution is 0.0890. The summed E-state index contributed by atoms with van der Waals surface area (Å²) in [5.74, 6) is 0.507. The number of hydrogen-bond acceptors (Lipinski definition) is 3. The first-order chi connectivity index (χ1) is 9.16. The third kappa shape index (κ3) is 4.03. The third-order valence-electron chi connectivity index (χ3n) is 3.72. The van der Waals surface area contributed by atoms with Crippen molar-refractivity contribution < 1.29 is 4.79 Å². The fourth-order valence-electron chi connectivity index (χ4n) is 2.82. The molecule has 4 heteroatoms. The number of aromatic nitrogens is 1. The van der Waals surface area contributed by atoms with Crippen LogP contribution in [0, 0.1) is 5.92 Å². The van der Waals surface area contributed by atoms with Crippen molar-refractivity contribution in [3.63, 3.8) is 0 Å². The molecule has 1 aromatic heterocycles. The SMILES string of the molecule is CN(C)CC1CCCCC1NC(=O)c1ccccn1. The van der Waals surface area contributed by atoms with Gasteiger partial charge in [-0.3, -0.25) is 9.78 Å². The minimum atomic E-state index is -0.0451. The highest BCUT2D eigenvalue weighted by molar-refractivity contribution is 5.92. The van der Waals surface area contributed by atoms with E-state index in [1.54, 1.807) is 12.3 Å². The molecule has 1 saturated carbocycles. The highest BCUT2D eigenvalue weighted by Gasteiger charge is 2.27. The number of nitrogens with zero attached hydrogens (tertiary/aromatic N) is 2. The minimum absolute atomic E-state index is 0.0451. The van der Waals surface area contributed by atoms with E-state index in [1.165, 1.54) is 19.3 Å². The molecular formula is C15H23N3O. The third-order valence-corrected chi connectivity index (χ3v) is 3.72. The molecule has 0 aromatic carbocycles. The fraction of sp³-hybridized carbons (Fsp3) is 0.600. The average molecular weight is 261 g/mol. The molecule has 1 aliphatic carbocycles. The number of pyridine rings is 1. The van der Waals surface area contributed by atoms with E-state index in [0.717, 1.165) is 13.0 Å². The smallest absolute Gasteiger partial charge is 0.270 e. The van der Waals surface area contributed by atoms with E-state index in [0.29, 0.717) is 11.6 Å². The second kappa shape index (κ2) is 6.66. The standard InChI is InChI=1S/C15H23N3O/c1-18(2)11-12-7-3-4-8-13(12)17-15(19)14-9-5-6-10-16-14/h5-6,9-10,12-13H,3-4,7-8,11H2,1-2H3,(H,17,19). The van der Waals surface area contributed by atoms with Crippen molar-refractivity contribution in [3.05, 3.63) is 30.1 Å². The lowest BCUT2D eigenvalue weighted by Gasteiger charge is -2.33. The van der Waals surface area contributed by atoms with Crippen molar-refractivity contribution in [1.82, 2.24) is 15.2 Å². The maximum atomic E-state index is 12.2. The van der Waals surface area contributed by atoms with Crippen LogP contribution in [0.2, 0.25) is 0 Å². The van der Waals surface area contributed by atoms with Gasteiger partial charge in [0.2, 0.25) is 0 Å². The molecule has 0 aliphatic heterocycles. The zero-order valence-electron chi connectivity index (χ0n) is 11.8. The van der Waals surface area contributed by atoms with Gasteiger partial charge in [-0.2, -0.15) is 0 Å². The van der Waals surface area contributed by atoms with E-state index in [9.17, 15) is 4.79 Å². The van der Waals surface area contributed by atoms with Gasteiger partial charge in [0, 0.05) is 18.8 Å². The first kappa shape index (κ1) is 14.0. The molecule has 1 heterocycles. The number of amides is 1. The molecule has 2 atom stereocenters. The summed E-state index contributed by atoms with van der Waals surface area (Å²) in [6.45, 7) is 1.03. The molecule has 0 radical (unpaired) electrons. The summed E-state index contributed by atoms with van der Waals surface area (Å²) in [5.41, 5.74) is 0.511. The Morgan fingerprint density at radius 1 is 1.37 bits per heavy atom. The predicted octanol–water partition coefficient (Wildman–Crippen LogP) is 1.93. The first-order valence-corrected chi connectivity index (χ1v) is 7.03. The molecule has 104 valence electrons. The number of carbonyl (C=O) groups excluding carboxylic acids is 1. The summed E-state index contributed by atoms with van der Waals surface area (Å²) >= 11 is 0. The van der Waals surface area contributed by atoms with Crippen LogP contribution in [0.15, 0.2) is 24.4 Å². The van der Waals surface area contributed by atoms with Crippen LogP contribution in [0.5, 0.6) is 0 Å². The Kier molecular flexibility index (Phi) is 4.91. The highest BCUT2D eigenvalue weighted by atomic mass is 16.1. The van der Waals surface area contributed by atoms with E-state index in [4.69, 9.17) is 0 Å². The molecule has 2 rings (SSSR count). The van der Waals surface area contributed by atoms with E-state index < -0.39 is 0 Å². The second-order valence-corrected chi connectivity index (χ2v) is 5.60. The number of carbonyl (C=O) groups is 1. The van der Waals surface area contributed by atoms with Gasteiger partial charge in [0.05, 0.1) is 0 Å². The second-order valence-electron chi connectivity index (χ2n) is 5.60. The van der Waals surface area contributed by atoms with Crippen molar-refractivity contribution in [2.24, 2.45) is 5.92 Å². The van der Waals surface area contributed by atoms with Gasteiger partial charge >= 0.3 is 0 Å². The van der Waals surface area contributed by atoms with E-state index in [-0.39, 0.29) is 11.9 Å². The monoisotopic (exact) mass is 261 g/mol. The van der Waals surface area contributed by atoms with Gasteiger partial charge in [0.15, 0.2) is 0 Å².